The zero-order chi connectivity index (χ0) is 18.5. The zero-order valence-corrected chi connectivity index (χ0v) is 16.3. The second-order valence-electron chi connectivity index (χ2n) is 6.10. The van der Waals surface area contributed by atoms with Crippen LogP contribution in [0.1, 0.15) is 40.4 Å². The number of aromatic nitrogens is 2. The molecular formula is C16H17ClN2O4S2. The number of H-pyrrole nitrogens is 1. The first kappa shape index (κ1) is 18.3. The van der Waals surface area contributed by atoms with E-state index in [4.69, 9.17) is 11.6 Å². The number of benzene rings is 1. The molecule has 0 unspecified atom stereocenters. The fraction of sp³-hybridized carbons (Fsp3) is 0.375. The molecular weight excluding hydrogens is 384 g/mol. The lowest BCUT2D eigenvalue weighted by Gasteiger charge is -2.11. The standard InChI is InChI=1S/C16H17ClN2O4S2/c1-19-16(21)11(13(18-19)8-4-5-8)14(20)9-6-7-10(25(3,22)23)15(24-2)12(9)17/h6-8,18H,4-5H2,1-3H3. The molecule has 1 N–H and O–H groups in total. The highest BCUT2D eigenvalue weighted by atomic mass is 35.5. The maximum atomic E-state index is 13.0. The summed E-state index contributed by atoms with van der Waals surface area (Å²) < 4.78 is 25.1. The monoisotopic (exact) mass is 400 g/mol. The van der Waals surface area contributed by atoms with Crippen molar-refractivity contribution in [2.75, 3.05) is 12.5 Å². The van der Waals surface area contributed by atoms with Crippen molar-refractivity contribution < 1.29 is 13.2 Å². The third kappa shape index (κ3) is 3.18. The van der Waals surface area contributed by atoms with E-state index in [1.807, 2.05) is 0 Å². The molecule has 0 spiro atoms. The van der Waals surface area contributed by atoms with Crippen LogP contribution in [0.25, 0.3) is 0 Å². The topological polar surface area (TPSA) is 89.0 Å². The molecule has 1 saturated carbocycles. The van der Waals surface area contributed by atoms with Gasteiger partial charge in [-0.05, 0) is 31.2 Å². The van der Waals surface area contributed by atoms with E-state index in [1.54, 1.807) is 13.3 Å². The number of rotatable bonds is 5. The predicted molar refractivity (Wildman–Crippen MR) is 97.8 cm³/mol. The number of aryl methyl sites for hydroxylation is 1. The van der Waals surface area contributed by atoms with E-state index in [2.05, 4.69) is 5.10 Å². The molecule has 25 heavy (non-hydrogen) atoms. The van der Waals surface area contributed by atoms with Gasteiger partial charge in [0.1, 0.15) is 5.56 Å². The van der Waals surface area contributed by atoms with Crippen LogP contribution in [-0.4, -0.2) is 36.5 Å². The molecule has 1 aromatic heterocycles. The van der Waals surface area contributed by atoms with Gasteiger partial charge in [-0.1, -0.05) is 11.6 Å². The van der Waals surface area contributed by atoms with E-state index >= 15 is 0 Å². The number of ketones is 1. The fourth-order valence-corrected chi connectivity index (χ4v) is 5.34. The summed E-state index contributed by atoms with van der Waals surface area (Å²) in [5.74, 6) is -0.300. The van der Waals surface area contributed by atoms with E-state index < -0.39 is 21.2 Å². The quantitative estimate of drug-likeness (QED) is 0.615. The lowest BCUT2D eigenvalue weighted by molar-refractivity contribution is 0.103. The molecule has 0 bridgehead atoms. The number of halogens is 1. The highest BCUT2D eigenvalue weighted by molar-refractivity contribution is 7.99. The molecule has 6 nitrogen and oxygen atoms in total. The minimum absolute atomic E-state index is 0.0606. The lowest BCUT2D eigenvalue weighted by Crippen LogP contribution is -2.20. The van der Waals surface area contributed by atoms with Crippen molar-refractivity contribution in [3.05, 3.63) is 44.3 Å². The first-order valence-electron chi connectivity index (χ1n) is 7.57. The van der Waals surface area contributed by atoms with Crippen molar-refractivity contribution in [3.8, 4) is 0 Å². The largest absolute Gasteiger partial charge is 0.299 e. The van der Waals surface area contributed by atoms with Crippen molar-refractivity contribution in [1.82, 2.24) is 9.78 Å². The molecule has 2 aromatic rings. The van der Waals surface area contributed by atoms with Crippen LogP contribution in [0.4, 0.5) is 0 Å². The van der Waals surface area contributed by atoms with Crippen LogP contribution >= 0.6 is 23.4 Å². The van der Waals surface area contributed by atoms with Gasteiger partial charge in [0.15, 0.2) is 9.84 Å². The molecule has 0 amide bonds. The van der Waals surface area contributed by atoms with Crippen molar-refractivity contribution in [3.63, 3.8) is 0 Å². The Kier molecular flexibility index (Phi) is 4.63. The van der Waals surface area contributed by atoms with Crippen LogP contribution in [0, 0.1) is 0 Å². The first-order valence-corrected chi connectivity index (χ1v) is 11.1. The van der Waals surface area contributed by atoms with Crippen LogP contribution in [0.3, 0.4) is 0 Å². The Bertz CT molecular complexity index is 1030. The van der Waals surface area contributed by atoms with Crippen molar-refractivity contribution in [1.29, 1.82) is 0 Å². The molecule has 0 aliphatic heterocycles. The van der Waals surface area contributed by atoms with E-state index in [1.165, 1.54) is 16.8 Å². The molecule has 9 heteroatoms. The number of nitrogens with one attached hydrogen (secondary N) is 1. The van der Waals surface area contributed by atoms with Gasteiger partial charge in [0.2, 0.25) is 5.78 Å². The molecule has 134 valence electrons. The van der Waals surface area contributed by atoms with E-state index in [-0.39, 0.29) is 27.0 Å². The summed E-state index contributed by atoms with van der Waals surface area (Å²) in [5, 5.41) is 3.01. The molecule has 1 aliphatic carbocycles. The number of nitrogens with zero attached hydrogens (tertiary/aromatic N) is 1. The molecule has 1 aromatic carbocycles. The lowest BCUT2D eigenvalue weighted by atomic mass is 10.0. The summed E-state index contributed by atoms with van der Waals surface area (Å²) in [5.41, 5.74) is 0.454. The average Bonchev–Trinajstić information content (AvgIpc) is 3.32. The first-order chi connectivity index (χ1) is 11.7. The Labute approximate surface area is 154 Å². The third-order valence-electron chi connectivity index (χ3n) is 4.20. The summed E-state index contributed by atoms with van der Waals surface area (Å²) in [7, 11) is -1.92. The number of aromatic amines is 1. The van der Waals surface area contributed by atoms with Crippen LogP contribution in [0.5, 0.6) is 0 Å². The Balaban J connectivity index is 2.18. The predicted octanol–water partition coefficient (Wildman–Crippen LogP) is 2.60. The molecule has 1 heterocycles. The number of thioether (sulfide) groups is 1. The number of sulfone groups is 1. The molecule has 0 atom stereocenters. The minimum Gasteiger partial charge on any atom is -0.299 e. The van der Waals surface area contributed by atoms with Gasteiger partial charge in [-0.25, -0.2) is 8.42 Å². The molecule has 1 aliphatic rings. The smallest absolute Gasteiger partial charge is 0.277 e. The fourth-order valence-electron chi connectivity index (χ4n) is 2.79. The van der Waals surface area contributed by atoms with E-state index in [0.29, 0.717) is 10.6 Å². The second kappa shape index (κ2) is 6.34. The Morgan fingerprint density at radius 1 is 1.36 bits per heavy atom. The summed E-state index contributed by atoms with van der Waals surface area (Å²) in [6.45, 7) is 0. The number of carbonyl (C=O) groups is 1. The zero-order valence-electron chi connectivity index (χ0n) is 13.9. The number of carbonyl (C=O) groups excluding carboxylic acids is 1. The van der Waals surface area contributed by atoms with Crippen LogP contribution in [0.2, 0.25) is 5.02 Å². The maximum Gasteiger partial charge on any atom is 0.277 e. The second-order valence-corrected chi connectivity index (χ2v) is 9.28. The van der Waals surface area contributed by atoms with Crippen molar-refractivity contribution >= 4 is 39.0 Å². The normalized spacial score (nSPS) is 14.7. The highest BCUT2D eigenvalue weighted by Gasteiger charge is 2.34. The third-order valence-corrected chi connectivity index (χ3v) is 6.80. The van der Waals surface area contributed by atoms with E-state index in [0.717, 1.165) is 30.9 Å². The van der Waals surface area contributed by atoms with Gasteiger partial charge in [-0.3, -0.25) is 19.4 Å². The van der Waals surface area contributed by atoms with E-state index in [9.17, 15) is 18.0 Å². The summed E-state index contributed by atoms with van der Waals surface area (Å²) in [6, 6.07) is 2.75. The van der Waals surface area contributed by atoms with Gasteiger partial charge in [0.05, 0.1) is 15.6 Å². The minimum atomic E-state index is -3.48. The molecule has 0 saturated heterocycles. The number of hydrogen-bond donors (Lipinski definition) is 1. The Hall–Kier alpha value is -1.51. The van der Waals surface area contributed by atoms with Gasteiger partial charge in [-0.2, -0.15) is 0 Å². The average molecular weight is 401 g/mol. The van der Waals surface area contributed by atoms with Gasteiger partial charge in [0, 0.05) is 29.7 Å². The van der Waals surface area contributed by atoms with Crippen molar-refractivity contribution in [2.24, 2.45) is 7.05 Å². The van der Waals surface area contributed by atoms with Crippen LogP contribution < -0.4 is 5.56 Å². The molecule has 1 fully saturated rings. The van der Waals surface area contributed by atoms with Gasteiger partial charge in [0.25, 0.3) is 5.56 Å². The summed E-state index contributed by atoms with van der Waals surface area (Å²) in [6.07, 6.45) is 4.64. The molecule has 3 rings (SSSR count). The van der Waals surface area contributed by atoms with Crippen molar-refractivity contribution in [2.45, 2.75) is 28.6 Å². The Morgan fingerprint density at radius 3 is 2.52 bits per heavy atom. The maximum absolute atomic E-state index is 13.0. The molecule has 0 radical (unpaired) electrons. The van der Waals surface area contributed by atoms with Crippen LogP contribution in [0.15, 0.2) is 26.7 Å². The van der Waals surface area contributed by atoms with Crippen LogP contribution in [-0.2, 0) is 16.9 Å². The highest BCUT2D eigenvalue weighted by Crippen LogP contribution is 2.41. The summed E-state index contributed by atoms with van der Waals surface area (Å²) >= 11 is 7.50. The SMILES string of the molecule is CSc1c(S(C)(=O)=O)ccc(C(=O)c2c(C3CC3)[nH]n(C)c2=O)c1Cl. The van der Waals surface area contributed by atoms with Gasteiger partial charge in [-0.15, -0.1) is 11.8 Å². The Morgan fingerprint density at radius 2 is 2.00 bits per heavy atom. The summed E-state index contributed by atoms with van der Waals surface area (Å²) in [4.78, 5) is 25.8. The van der Waals surface area contributed by atoms with Gasteiger partial charge < -0.3 is 0 Å². The number of hydrogen-bond acceptors (Lipinski definition) is 5. The van der Waals surface area contributed by atoms with Gasteiger partial charge >= 0.3 is 0 Å².